The Labute approximate surface area is 98.6 Å². The smallest absolute Gasteiger partial charge is 0.114 e. The molecule has 0 radical (unpaired) electrons. The van der Waals surface area contributed by atoms with Crippen molar-refractivity contribution in [2.75, 3.05) is 0 Å². The molecule has 90 valence electrons. The molecule has 1 heteroatoms. The molecule has 0 N–H and O–H groups in total. The second-order valence-corrected chi connectivity index (χ2v) is 6.82. The van der Waals surface area contributed by atoms with Crippen molar-refractivity contribution in [3.63, 3.8) is 0 Å². The summed E-state index contributed by atoms with van der Waals surface area (Å²) in [6.07, 6.45) is 8.32. The van der Waals surface area contributed by atoms with E-state index in [1.54, 1.807) is 6.92 Å². The number of hydrogen-bond acceptors (Lipinski definition) is 0. The van der Waals surface area contributed by atoms with Crippen LogP contribution < -0.4 is 0 Å². The minimum absolute atomic E-state index is 0.0118. The zero-order valence-corrected chi connectivity index (χ0v) is 11.1. The van der Waals surface area contributed by atoms with E-state index >= 15 is 0 Å². The van der Waals surface area contributed by atoms with Crippen LogP contribution in [0.2, 0.25) is 0 Å². The van der Waals surface area contributed by atoms with Crippen molar-refractivity contribution >= 4 is 0 Å². The maximum absolute atomic E-state index is 14.7. The van der Waals surface area contributed by atoms with E-state index in [0.717, 1.165) is 6.42 Å². The molecule has 0 nitrogen and oxygen atoms in total. The quantitative estimate of drug-likeness (QED) is 0.558. The normalized spacial score (nSPS) is 46.1. The van der Waals surface area contributed by atoms with Gasteiger partial charge in [0.2, 0.25) is 0 Å². The Morgan fingerprint density at radius 3 is 2.50 bits per heavy atom. The van der Waals surface area contributed by atoms with Gasteiger partial charge in [0.1, 0.15) is 5.67 Å². The number of fused-ring (bicyclic) bond motifs is 1. The van der Waals surface area contributed by atoms with Crippen LogP contribution >= 0.6 is 0 Å². The lowest BCUT2D eigenvalue weighted by molar-refractivity contribution is -0.0671. The molecule has 0 aliphatic heterocycles. The van der Waals surface area contributed by atoms with Crippen molar-refractivity contribution in [3.8, 4) is 0 Å². The lowest BCUT2D eigenvalue weighted by atomic mass is 9.53. The Morgan fingerprint density at radius 2 is 1.88 bits per heavy atom. The van der Waals surface area contributed by atoms with Crippen LogP contribution in [0.1, 0.15) is 47.5 Å². The van der Waals surface area contributed by atoms with Gasteiger partial charge in [-0.05, 0) is 43.4 Å². The summed E-state index contributed by atoms with van der Waals surface area (Å²) >= 11 is 0. The first-order valence-electron chi connectivity index (χ1n) is 6.23. The SMILES string of the molecule is CC1=CC2(C)CC(C)(F)C(C)(C)C[C@@H]2C=C1. The first-order chi connectivity index (χ1) is 7.16. The third kappa shape index (κ3) is 1.65. The van der Waals surface area contributed by atoms with Gasteiger partial charge in [0.25, 0.3) is 0 Å². The standard InChI is InChI=1S/C15H23F/c1-11-6-7-12-9-13(2,3)15(5,16)10-14(12,4)8-11/h6-8,12H,9-10H2,1-5H3/t12-,14?,15?/m0/s1. The first-order valence-corrected chi connectivity index (χ1v) is 6.23. The van der Waals surface area contributed by atoms with Crippen molar-refractivity contribution in [2.45, 2.75) is 53.1 Å². The largest absolute Gasteiger partial charge is 0.244 e. The third-order valence-corrected chi connectivity index (χ3v) is 4.85. The second-order valence-electron chi connectivity index (χ2n) is 6.82. The van der Waals surface area contributed by atoms with Gasteiger partial charge in [-0.2, -0.15) is 0 Å². The summed E-state index contributed by atoms with van der Waals surface area (Å²) in [5.41, 5.74) is -0.00664. The van der Waals surface area contributed by atoms with Crippen LogP contribution in [0.25, 0.3) is 0 Å². The molecule has 0 amide bonds. The Balaban J connectivity index is 2.38. The molecule has 0 spiro atoms. The van der Waals surface area contributed by atoms with E-state index in [2.05, 4.69) is 45.9 Å². The van der Waals surface area contributed by atoms with Crippen LogP contribution in [-0.4, -0.2) is 5.67 Å². The van der Waals surface area contributed by atoms with E-state index in [1.165, 1.54) is 5.57 Å². The van der Waals surface area contributed by atoms with Crippen molar-refractivity contribution in [1.29, 1.82) is 0 Å². The molecule has 1 saturated carbocycles. The molecule has 0 aromatic carbocycles. The summed E-state index contributed by atoms with van der Waals surface area (Å²) < 4.78 is 14.7. The van der Waals surface area contributed by atoms with E-state index in [4.69, 9.17) is 0 Å². The highest BCUT2D eigenvalue weighted by atomic mass is 19.1. The second kappa shape index (κ2) is 3.21. The molecular formula is C15H23F. The van der Waals surface area contributed by atoms with E-state index in [9.17, 15) is 4.39 Å². The molecule has 2 unspecified atom stereocenters. The fourth-order valence-electron chi connectivity index (χ4n) is 3.36. The van der Waals surface area contributed by atoms with Gasteiger partial charge in [-0.3, -0.25) is 0 Å². The van der Waals surface area contributed by atoms with Crippen LogP contribution in [0.3, 0.4) is 0 Å². The Hall–Kier alpha value is -0.590. The van der Waals surface area contributed by atoms with Gasteiger partial charge in [0.05, 0.1) is 0 Å². The van der Waals surface area contributed by atoms with E-state index in [-0.39, 0.29) is 10.8 Å². The van der Waals surface area contributed by atoms with Gasteiger partial charge in [0, 0.05) is 0 Å². The van der Waals surface area contributed by atoms with Gasteiger partial charge in [-0.15, -0.1) is 0 Å². The zero-order valence-electron chi connectivity index (χ0n) is 11.1. The summed E-state index contributed by atoms with van der Waals surface area (Å²) in [7, 11) is 0. The lowest BCUT2D eigenvalue weighted by Gasteiger charge is -2.53. The molecule has 0 aromatic heterocycles. The topological polar surface area (TPSA) is 0 Å². The molecule has 3 atom stereocenters. The molecule has 2 rings (SSSR count). The average Bonchev–Trinajstić information content (AvgIpc) is 2.06. The molecule has 1 fully saturated rings. The van der Waals surface area contributed by atoms with Crippen LogP contribution in [0.15, 0.2) is 23.8 Å². The van der Waals surface area contributed by atoms with E-state index in [1.807, 2.05) is 0 Å². The maximum atomic E-state index is 14.7. The summed E-state index contributed by atoms with van der Waals surface area (Å²) in [5, 5.41) is 0. The minimum atomic E-state index is -1.07. The van der Waals surface area contributed by atoms with Gasteiger partial charge in [0.15, 0.2) is 0 Å². The molecule has 2 aliphatic rings. The monoisotopic (exact) mass is 222 g/mol. The highest BCUT2D eigenvalue weighted by molar-refractivity contribution is 5.29. The van der Waals surface area contributed by atoms with Gasteiger partial charge < -0.3 is 0 Å². The third-order valence-electron chi connectivity index (χ3n) is 4.85. The molecule has 0 saturated heterocycles. The van der Waals surface area contributed by atoms with Crippen molar-refractivity contribution < 1.29 is 4.39 Å². The van der Waals surface area contributed by atoms with Crippen LogP contribution in [-0.2, 0) is 0 Å². The predicted molar refractivity (Wildman–Crippen MR) is 67.0 cm³/mol. The summed E-state index contributed by atoms with van der Waals surface area (Å²) in [6, 6.07) is 0. The van der Waals surface area contributed by atoms with Crippen molar-refractivity contribution in [1.82, 2.24) is 0 Å². The van der Waals surface area contributed by atoms with Crippen LogP contribution in [0.5, 0.6) is 0 Å². The number of halogens is 1. The van der Waals surface area contributed by atoms with E-state index in [0.29, 0.717) is 12.3 Å². The predicted octanol–water partition coefficient (Wildman–Crippen LogP) is 4.67. The maximum Gasteiger partial charge on any atom is 0.114 e. The Kier molecular flexibility index (Phi) is 2.38. The number of rotatable bonds is 0. The summed E-state index contributed by atoms with van der Waals surface area (Å²) in [4.78, 5) is 0. The fourth-order valence-corrected chi connectivity index (χ4v) is 3.36. The first kappa shape index (κ1) is 11.9. The molecule has 0 aromatic rings. The number of alkyl halides is 1. The van der Waals surface area contributed by atoms with E-state index < -0.39 is 5.67 Å². The van der Waals surface area contributed by atoms with Gasteiger partial charge >= 0.3 is 0 Å². The number of hydrogen-bond donors (Lipinski definition) is 0. The summed E-state index contributed by atoms with van der Waals surface area (Å²) in [5.74, 6) is 0.495. The summed E-state index contributed by atoms with van der Waals surface area (Å²) in [6.45, 7) is 10.2. The minimum Gasteiger partial charge on any atom is -0.244 e. The van der Waals surface area contributed by atoms with Crippen LogP contribution in [0.4, 0.5) is 4.39 Å². The Morgan fingerprint density at radius 1 is 1.25 bits per heavy atom. The van der Waals surface area contributed by atoms with Gasteiger partial charge in [-0.25, -0.2) is 4.39 Å². The molecular weight excluding hydrogens is 199 g/mol. The Bertz CT molecular complexity index is 360. The van der Waals surface area contributed by atoms with Gasteiger partial charge in [-0.1, -0.05) is 44.6 Å². The van der Waals surface area contributed by atoms with Crippen molar-refractivity contribution in [3.05, 3.63) is 23.8 Å². The molecule has 0 bridgehead atoms. The van der Waals surface area contributed by atoms with Crippen molar-refractivity contribution in [2.24, 2.45) is 16.7 Å². The number of allylic oxidation sites excluding steroid dienone is 4. The highest BCUT2D eigenvalue weighted by Gasteiger charge is 2.54. The van der Waals surface area contributed by atoms with Crippen LogP contribution in [0, 0.1) is 16.7 Å². The molecule has 2 aliphatic carbocycles. The highest BCUT2D eigenvalue weighted by Crippen LogP contribution is 2.57. The molecule has 0 heterocycles. The lowest BCUT2D eigenvalue weighted by Crippen LogP contribution is -2.51. The molecule has 16 heavy (non-hydrogen) atoms. The average molecular weight is 222 g/mol. The zero-order chi connectivity index (χ0) is 12.2. The fraction of sp³-hybridized carbons (Fsp3) is 0.733.